The zero-order valence-corrected chi connectivity index (χ0v) is 10.7. The van der Waals surface area contributed by atoms with Gasteiger partial charge in [-0.05, 0) is 27.3 Å². The van der Waals surface area contributed by atoms with Gasteiger partial charge >= 0.3 is 5.97 Å². The van der Waals surface area contributed by atoms with Crippen molar-refractivity contribution in [2.75, 3.05) is 7.05 Å². The number of rotatable bonds is 3. The predicted octanol–water partition coefficient (Wildman–Crippen LogP) is 0.820. The number of likely N-dealkylation sites (tertiary alicyclic amines) is 1. The van der Waals surface area contributed by atoms with E-state index in [1.807, 2.05) is 19.9 Å². The third-order valence-electron chi connectivity index (χ3n) is 3.01. The molecule has 0 bridgehead atoms. The fourth-order valence-corrected chi connectivity index (χ4v) is 2.33. The third-order valence-corrected chi connectivity index (χ3v) is 3.01. The van der Waals surface area contributed by atoms with Crippen molar-refractivity contribution in [3.05, 3.63) is 11.6 Å². The summed E-state index contributed by atoms with van der Waals surface area (Å²) in [5, 5.41) is 11.9. The first-order valence-electron chi connectivity index (χ1n) is 5.69. The van der Waals surface area contributed by atoms with Crippen molar-refractivity contribution in [3.8, 4) is 0 Å². The average Bonchev–Trinajstić information content (AvgIpc) is 2.44. The summed E-state index contributed by atoms with van der Waals surface area (Å²) in [4.78, 5) is 24.0. The minimum Gasteiger partial charge on any atom is -0.480 e. The van der Waals surface area contributed by atoms with Crippen LogP contribution in [0.15, 0.2) is 11.6 Å². The van der Waals surface area contributed by atoms with Crippen molar-refractivity contribution in [2.45, 2.75) is 39.4 Å². The molecule has 0 saturated carbocycles. The van der Waals surface area contributed by atoms with Crippen LogP contribution in [0.5, 0.6) is 0 Å². The molecule has 1 rings (SSSR count). The van der Waals surface area contributed by atoms with Crippen molar-refractivity contribution in [2.24, 2.45) is 5.92 Å². The van der Waals surface area contributed by atoms with Gasteiger partial charge in [0.2, 0.25) is 5.91 Å². The Bertz CT molecular complexity index is 348. The predicted molar refractivity (Wildman–Crippen MR) is 64.3 cm³/mol. The molecule has 0 spiro atoms. The summed E-state index contributed by atoms with van der Waals surface area (Å²) < 4.78 is 0. The van der Waals surface area contributed by atoms with Crippen LogP contribution in [0.2, 0.25) is 0 Å². The Kier molecular flexibility index (Phi) is 4.28. The van der Waals surface area contributed by atoms with Crippen molar-refractivity contribution >= 4 is 11.9 Å². The van der Waals surface area contributed by atoms with Crippen LogP contribution in [0, 0.1) is 5.92 Å². The number of aliphatic carboxylic acids is 1. The van der Waals surface area contributed by atoms with Crippen LogP contribution >= 0.6 is 0 Å². The van der Waals surface area contributed by atoms with Gasteiger partial charge in [0, 0.05) is 12.8 Å². The zero-order valence-electron chi connectivity index (χ0n) is 10.7. The van der Waals surface area contributed by atoms with Gasteiger partial charge < -0.3 is 10.4 Å². The van der Waals surface area contributed by atoms with E-state index in [4.69, 9.17) is 5.11 Å². The lowest BCUT2D eigenvalue weighted by Gasteiger charge is -2.25. The van der Waals surface area contributed by atoms with Gasteiger partial charge in [-0.15, -0.1) is 0 Å². The van der Waals surface area contributed by atoms with Gasteiger partial charge in [-0.1, -0.05) is 11.6 Å². The van der Waals surface area contributed by atoms with Gasteiger partial charge in [-0.25, -0.2) is 0 Å². The van der Waals surface area contributed by atoms with Gasteiger partial charge in [-0.2, -0.15) is 0 Å². The second kappa shape index (κ2) is 5.31. The zero-order chi connectivity index (χ0) is 13.2. The molecule has 1 fully saturated rings. The Morgan fingerprint density at radius 2 is 1.94 bits per heavy atom. The quantitative estimate of drug-likeness (QED) is 0.717. The van der Waals surface area contributed by atoms with E-state index in [9.17, 15) is 9.59 Å². The molecular formula is C12H20N2O3. The highest BCUT2D eigenvalue weighted by Gasteiger charge is 2.41. The number of carbonyl (C=O) groups excluding carboxylic acids is 1. The molecule has 0 aromatic rings. The number of hydrogen-bond donors (Lipinski definition) is 2. The highest BCUT2D eigenvalue weighted by atomic mass is 16.4. The standard InChI is InChI=1S/C12H20N2O3/c1-7(2)5-9-6-10(12(16)17)14(4)11(9)13-8(3)15/h5,9-11H,6H2,1-4H3,(H,13,15)(H,16,17)/t9-,10+,11+/m0/s1. The molecule has 0 aromatic heterocycles. The first-order chi connectivity index (χ1) is 7.82. The molecule has 1 aliphatic heterocycles. The lowest BCUT2D eigenvalue weighted by atomic mass is 10.0. The minimum absolute atomic E-state index is 0.0509. The number of nitrogens with one attached hydrogen (secondary N) is 1. The highest BCUT2D eigenvalue weighted by molar-refractivity contribution is 5.75. The Balaban J connectivity index is 2.91. The van der Waals surface area contributed by atoms with Crippen LogP contribution in [-0.4, -0.2) is 41.1 Å². The van der Waals surface area contributed by atoms with Gasteiger partial charge in [0.15, 0.2) is 0 Å². The van der Waals surface area contributed by atoms with E-state index in [1.54, 1.807) is 11.9 Å². The second-order valence-corrected chi connectivity index (χ2v) is 4.81. The summed E-state index contributed by atoms with van der Waals surface area (Å²) >= 11 is 0. The molecule has 0 unspecified atom stereocenters. The van der Waals surface area contributed by atoms with Gasteiger partial charge in [-0.3, -0.25) is 14.5 Å². The average molecular weight is 240 g/mol. The fourth-order valence-electron chi connectivity index (χ4n) is 2.33. The lowest BCUT2D eigenvalue weighted by Crippen LogP contribution is -2.48. The number of likely N-dealkylation sites (N-methyl/N-ethyl adjacent to an activating group) is 1. The molecule has 1 aliphatic rings. The smallest absolute Gasteiger partial charge is 0.320 e. The Hall–Kier alpha value is -1.36. The number of hydrogen-bond acceptors (Lipinski definition) is 3. The number of carboxylic acids is 1. The van der Waals surface area contributed by atoms with Crippen LogP contribution in [0.25, 0.3) is 0 Å². The second-order valence-electron chi connectivity index (χ2n) is 4.81. The number of amides is 1. The van der Waals surface area contributed by atoms with Crippen LogP contribution < -0.4 is 5.32 Å². The maximum absolute atomic E-state index is 11.1. The van der Waals surface area contributed by atoms with Crippen LogP contribution in [0.1, 0.15) is 27.2 Å². The van der Waals surface area contributed by atoms with Crippen molar-refractivity contribution < 1.29 is 14.7 Å². The molecule has 5 heteroatoms. The van der Waals surface area contributed by atoms with Gasteiger partial charge in [0.25, 0.3) is 0 Å². The summed E-state index contributed by atoms with van der Waals surface area (Å²) in [6.07, 6.45) is 2.32. The molecule has 17 heavy (non-hydrogen) atoms. The molecule has 3 atom stereocenters. The summed E-state index contributed by atoms with van der Waals surface area (Å²) in [5.41, 5.74) is 1.13. The van der Waals surface area contributed by atoms with Gasteiger partial charge in [0.05, 0.1) is 6.17 Å². The molecule has 1 amide bonds. The molecule has 1 heterocycles. The van der Waals surface area contributed by atoms with E-state index in [0.29, 0.717) is 6.42 Å². The van der Waals surface area contributed by atoms with Crippen molar-refractivity contribution in [1.82, 2.24) is 10.2 Å². The van der Waals surface area contributed by atoms with Crippen LogP contribution in [0.3, 0.4) is 0 Å². The lowest BCUT2D eigenvalue weighted by molar-refractivity contribution is -0.142. The number of carboxylic acid groups (broad SMARTS) is 1. The normalized spacial score (nSPS) is 28.8. The van der Waals surface area contributed by atoms with E-state index < -0.39 is 12.0 Å². The number of allylic oxidation sites excluding steroid dienone is 1. The van der Waals surface area contributed by atoms with E-state index >= 15 is 0 Å². The summed E-state index contributed by atoms with van der Waals surface area (Å²) in [6.45, 7) is 5.39. The fraction of sp³-hybridized carbons (Fsp3) is 0.667. The molecule has 0 radical (unpaired) electrons. The van der Waals surface area contributed by atoms with Crippen LogP contribution in [0.4, 0.5) is 0 Å². The summed E-state index contributed by atoms with van der Waals surface area (Å²) in [7, 11) is 1.73. The Morgan fingerprint density at radius 3 is 2.35 bits per heavy atom. The first kappa shape index (κ1) is 13.7. The van der Waals surface area contributed by atoms with Gasteiger partial charge in [0.1, 0.15) is 6.04 Å². The number of carbonyl (C=O) groups is 2. The van der Waals surface area contributed by atoms with E-state index in [0.717, 1.165) is 5.57 Å². The maximum Gasteiger partial charge on any atom is 0.320 e. The van der Waals surface area contributed by atoms with E-state index in [-0.39, 0.29) is 18.0 Å². The maximum atomic E-state index is 11.1. The summed E-state index contributed by atoms with van der Waals surface area (Å²) in [6, 6.07) is -0.535. The Labute approximate surface area is 101 Å². The topological polar surface area (TPSA) is 69.6 Å². The Morgan fingerprint density at radius 1 is 1.35 bits per heavy atom. The van der Waals surface area contributed by atoms with E-state index in [1.165, 1.54) is 6.92 Å². The number of nitrogens with zero attached hydrogens (tertiary/aromatic N) is 1. The monoisotopic (exact) mass is 240 g/mol. The van der Waals surface area contributed by atoms with E-state index in [2.05, 4.69) is 5.32 Å². The highest BCUT2D eigenvalue weighted by Crippen LogP contribution is 2.29. The first-order valence-corrected chi connectivity index (χ1v) is 5.69. The third kappa shape index (κ3) is 3.30. The van der Waals surface area contributed by atoms with Crippen molar-refractivity contribution in [1.29, 1.82) is 0 Å². The summed E-state index contributed by atoms with van der Waals surface area (Å²) in [5.74, 6) is -0.928. The van der Waals surface area contributed by atoms with Crippen LogP contribution in [-0.2, 0) is 9.59 Å². The largest absolute Gasteiger partial charge is 0.480 e. The SMILES string of the molecule is CC(=O)N[C@H]1[C@@H](C=C(C)C)C[C@H](C(=O)O)N1C. The molecule has 0 aliphatic carbocycles. The molecule has 1 saturated heterocycles. The molecule has 5 nitrogen and oxygen atoms in total. The molecule has 96 valence electrons. The van der Waals surface area contributed by atoms with Crippen molar-refractivity contribution in [3.63, 3.8) is 0 Å². The molecular weight excluding hydrogens is 220 g/mol. The molecule has 2 N–H and O–H groups in total. The minimum atomic E-state index is -0.840. The molecule has 0 aromatic carbocycles.